The summed E-state index contributed by atoms with van der Waals surface area (Å²) in [6, 6.07) is 4.42. The zero-order valence-electron chi connectivity index (χ0n) is 15.7. The van der Waals surface area contributed by atoms with Gasteiger partial charge in [-0.05, 0) is 32.4 Å². The maximum atomic E-state index is 5.42. The van der Waals surface area contributed by atoms with Gasteiger partial charge in [0, 0.05) is 11.9 Å². The smallest absolute Gasteiger partial charge is 0.211 e. The van der Waals surface area contributed by atoms with Crippen molar-refractivity contribution < 1.29 is 9.64 Å². The molecular formula is C19H26N5OS+. The summed E-state index contributed by atoms with van der Waals surface area (Å²) in [5, 5.41) is 10.9. The Morgan fingerprint density at radius 1 is 1.19 bits per heavy atom. The van der Waals surface area contributed by atoms with Crippen molar-refractivity contribution in [2.24, 2.45) is 0 Å². The van der Waals surface area contributed by atoms with Crippen LogP contribution < -0.4 is 4.90 Å². The van der Waals surface area contributed by atoms with E-state index in [1.807, 2.05) is 0 Å². The first kappa shape index (κ1) is 17.7. The second-order valence-corrected chi connectivity index (χ2v) is 8.01. The van der Waals surface area contributed by atoms with Gasteiger partial charge in [-0.2, -0.15) is 0 Å². The number of benzene rings is 1. The SMILES string of the molecule is CCn1c2nc(SCC[NH+]3CCOCC3)nnc2c2cc(C)cc(C)c21. The van der Waals surface area contributed by atoms with E-state index in [0.29, 0.717) is 0 Å². The quantitative estimate of drug-likeness (QED) is 0.690. The molecule has 3 aromatic rings. The summed E-state index contributed by atoms with van der Waals surface area (Å²) in [5.74, 6) is 1.01. The lowest BCUT2D eigenvalue weighted by Crippen LogP contribution is -3.14. The average Bonchev–Trinajstić information content (AvgIpc) is 2.96. The van der Waals surface area contributed by atoms with Gasteiger partial charge in [-0.1, -0.05) is 23.4 Å². The molecule has 0 bridgehead atoms. The molecular weight excluding hydrogens is 346 g/mol. The van der Waals surface area contributed by atoms with Crippen molar-refractivity contribution in [3.05, 3.63) is 23.3 Å². The molecule has 0 aliphatic carbocycles. The van der Waals surface area contributed by atoms with Gasteiger partial charge in [-0.15, -0.1) is 10.2 Å². The van der Waals surface area contributed by atoms with E-state index in [-0.39, 0.29) is 0 Å². The standard InChI is InChI=1S/C19H25N5OS/c1-4-24-17-14(3)11-13(2)12-15(17)16-18(24)20-19(22-21-16)26-10-7-23-5-8-25-9-6-23/h11-12H,4-10H2,1-3H3/p+1. The van der Waals surface area contributed by atoms with E-state index < -0.39 is 0 Å². The third-order valence-electron chi connectivity index (χ3n) is 5.08. The van der Waals surface area contributed by atoms with Crippen molar-refractivity contribution in [1.29, 1.82) is 0 Å². The van der Waals surface area contributed by atoms with Gasteiger partial charge in [0.1, 0.15) is 18.6 Å². The van der Waals surface area contributed by atoms with E-state index in [0.717, 1.165) is 66.9 Å². The summed E-state index contributed by atoms with van der Waals surface area (Å²) in [5.41, 5.74) is 5.62. The molecule has 26 heavy (non-hydrogen) atoms. The van der Waals surface area contributed by atoms with Crippen molar-refractivity contribution >= 4 is 33.8 Å². The number of ether oxygens (including phenoxy) is 1. The number of morpholine rings is 1. The number of hydrogen-bond acceptors (Lipinski definition) is 5. The number of nitrogens with one attached hydrogen (secondary N) is 1. The van der Waals surface area contributed by atoms with Gasteiger partial charge in [-0.3, -0.25) is 0 Å². The Kier molecular flexibility index (Phi) is 5.11. The van der Waals surface area contributed by atoms with Crippen LogP contribution in [-0.4, -0.2) is 58.3 Å². The summed E-state index contributed by atoms with van der Waals surface area (Å²) in [6.07, 6.45) is 0. The number of hydrogen-bond donors (Lipinski definition) is 1. The van der Waals surface area contributed by atoms with Crippen molar-refractivity contribution in [3.63, 3.8) is 0 Å². The molecule has 1 fully saturated rings. The van der Waals surface area contributed by atoms with E-state index in [1.165, 1.54) is 16.6 Å². The lowest BCUT2D eigenvalue weighted by molar-refractivity contribution is -0.905. The molecule has 1 aliphatic rings. The van der Waals surface area contributed by atoms with E-state index in [2.05, 4.69) is 47.7 Å². The fourth-order valence-electron chi connectivity index (χ4n) is 3.84. The van der Waals surface area contributed by atoms with Crippen LogP contribution in [0.4, 0.5) is 0 Å². The number of aromatic nitrogens is 4. The van der Waals surface area contributed by atoms with Crippen molar-refractivity contribution in [2.75, 3.05) is 38.6 Å². The van der Waals surface area contributed by atoms with E-state index in [9.17, 15) is 0 Å². The molecule has 2 aromatic heterocycles. The average molecular weight is 373 g/mol. The molecule has 0 amide bonds. The second-order valence-electron chi connectivity index (χ2n) is 6.95. The Morgan fingerprint density at radius 3 is 2.77 bits per heavy atom. The lowest BCUT2D eigenvalue weighted by Gasteiger charge is -2.23. The minimum absolute atomic E-state index is 0.775. The van der Waals surface area contributed by atoms with Crippen molar-refractivity contribution in [2.45, 2.75) is 32.5 Å². The van der Waals surface area contributed by atoms with Crippen LogP contribution in [0.25, 0.3) is 22.1 Å². The van der Waals surface area contributed by atoms with Gasteiger partial charge < -0.3 is 14.2 Å². The Balaban J connectivity index is 1.62. The number of rotatable bonds is 5. The van der Waals surface area contributed by atoms with Gasteiger partial charge in [0.05, 0.1) is 31.0 Å². The topological polar surface area (TPSA) is 57.3 Å². The third kappa shape index (κ3) is 3.31. The zero-order chi connectivity index (χ0) is 18.1. The molecule has 138 valence electrons. The summed E-state index contributed by atoms with van der Waals surface area (Å²) >= 11 is 1.71. The number of fused-ring (bicyclic) bond motifs is 3. The van der Waals surface area contributed by atoms with Gasteiger partial charge in [0.25, 0.3) is 0 Å². The summed E-state index contributed by atoms with van der Waals surface area (Å²) in [6.45, 7) is 12.4. The van der Waals surface area contributed by atoms with Gasteiger partial charge in [-0.25, -0.2) is 4.98 Å². The van der Waals surface area contributed by atoms with Crippen LogP contribution in [0.2, 0.25) is 0 Å². The molecule has 1 aromatic carbocycles. The minimum atomic E-state index is 0.775. The van der Waals surface area contributed by atoms with Crippen LogP contribution in [0.3, 0.4) is 0 Å². The molecule has 0 saturated carbocycles. The van der Waals surface area contributed by atoms with E-state index >= 15 is 0 Å². The first-order valence-corrected chi connectivity index (χ1v) is 10.3. The number of thioether (sulfide) groups is 1. The van der Waals surface area contributed by atoms with Crippen LogP contribution in [0.1, 0.15) is 18.1 Å². The molecule has 4 rings (SSSR count). The van der Waals surface area contributed by atoms with Gasteiger partial charge >= 0.3 is 0 Å². The summed E-state index contributed by atoms with van der Waals surface area (Å²) in [4.78, 5) is 6.46. The lowest BCUT2D eigenvalue weighted by atomic mass is 10.1. The summed E-state index contributed by atoms with van der Waals surface area (Å²) < 4.78 is 7.69. The van der Waals surface area contributed by atoms with E-state index in [4.69, 9.17) is 9.72 Å². The molecule has 6 nitrogen and oxygen atoms in total. The molecule has 0 atom stereocenters. The maximum absolute atomic E-state index is 5.42. The highest BCUT2D eigenvalue weighted by Crippen LogP contribution is 2.30. The fraction of sp³-hybridized carbons (Fsp3) is 0.526. The second kappa shape index (κ2) is 7.50. The highest BCUT2D eigenvalue weighted by atomic mass is 32.2. The Hall–Kier alpha value is -1.70. The van der Waals surface area contributed by atoms with Crippen LogP contribution in [0.5, 0.6) is 0 Å². The first-order chi connectivity index (χ1) is 12.7. The van der Waals surface area contributed by atoms with Crippen molar-refractivity contribution in [3.8, 4) is 0 Å². The molecule has 0 spiro atoms. The van der Waals surface area contributed by atoms with Gasteiger partial charge in [0.2, 0.25) is 5.16 Å². The first-order valence-electron chi connectivity index (χ1n) is 9.35. The van der Waals surface area contributed by atoms with Crippen molar-refractivity contribution in [1.82, 2.24) is 19.7 Å². The van der Waals surface area contributed by atoms with Crippen LogP contribution in [0, 0.1) is 13.8 Å². The molecule has 7 heteroatoms. The monoisotopic (exact) mass is 372 g/mol. The third-order valence-corrected chi connectivity index (χ3v) is 5.92. The molecule has 1 saturated heterocycles. The number of quaternary nitrogens is 1. The predicted octanol–water partition coefficient (Wildman–Crippen LogP) is 1.62. The molecule has 1 aliphatic heterocycles. The highest BCUT2D eigenvalue weighted by Gasteiger charge is 2.17. The van der Waals surface area contributed by atoms with Crippen LogP contribution in [-0.2, 0) is 11.3 Å². The van der Waals surface area contributed by atoms with Crippen LogP contribution >= 0.6 is 11.8 Å². The van der Waals surface area contributed by atoms with Crippen LogP contribution in [0.15, 0.2) is 17.3 Å². The largest absolute Gasteiger partial charge is 0.370 e. The highest BCUT2D eigenvalue weighted by molar-refractivity contribution is 7.99. The Bertz CT molecular complexity index is 933. The van der Waals surface area contributed by atoms with E-state index in [1.54, 1.807) is 16.7 Å². The normalized spacial score (nSPS) is 16.0. The molecule has 3 heterocycles. The Labute approximate surface area is 157 Å². The number of nitrogens with zero attached hydrogens (tertiary/aromatic N) is 4. The molecule has 1 N–H and O–H groups in total. The molecule has 0 unspecified atom stereocenters. The molecule has 0 radical (unpaired) electrons. The minimum Gasteiger partial charge on any atom is -0.370 e. The predicted molar refractivity (Wildman–Crippen MR) is 105 cm³/mol. The number of aryl methyl sites for hydroxylation is 3. The summed E-state index contributed by atoms with van der Waals surface area (Å²) in [7, 11) is 0. The Morgan fingerprint density at radius 2 is 2.00 bits per heavy atom. The maximum Gasteiger partial charge on any atom is 0.211 e. The fourth-order valence-corrected chi connectivity index (χ4v) is 4.66. The van der Waals surface area contributed by atoms with Gasteiger partial charge in [0.15, 0.2) is 5.65 Å². The zero-order valence-corrected chi connectivity index (χ0v) is 16.5.